The molecule has 0 aliphatic heterocycles. The lowest BCUT2D eigenvalue weighted by molar-refractivity contribution is 0.218. The van der Waals surface area contributed by atoms with Gasteiger partial charge in [0.25, 0.3) is 0 Å². The van der Waals surface area contributed by atoms with Crippen LogP contribution in [0.5, 0.6) is 0 Å². The third kappa shape index (κ3) is 3.10. The summed E-state index contributed by atoms with van der Waals surface area (Å²) in [5.74, 6) is -0.355. The fourth-order valence-corrected chi connectivity index (χ4v) is 2.55. The molecule has 0 spiro atoms. The number of hydrogen-bond acceptors (Lipinski definition) is 1. The maximum Gasteiger partial charge on any atom is 0.137 e. The van der Waals surface area contributed by atoms with Crippen LogP contribution in [0.2, 0.25) is 0 Å². The fraction of sp³-hybridized carbons (Fsp3) is 0.294. The molecule has 106 valence electrons. The van der Waals surface area contributed by atoms with Crippen LogP contribution in [0.25, 0.3) is 0 Å². The van der Waals surface area contributed by atoms with Gasteiger partial charge in [-0.05, 0) is 63.2 Å². The van der Waals surface area contributed by atoms with E-state index in [0.717, 1.165) is 24.0 Å². The molecule has 2 rings (SSSR count). The fourth-order valence-electron chi connectivity index (χ4n) is 2.30. The predicted molar refractivity (Wildman–Crippen MR) is 83.4 cm³/mol. The number of aliphatic hydroxyl groups is 1. The minimum absolute atomic E-state index is 0.355. The molecule has 0 aliphatic rings. The Labute approximate surface area is 127 Å². The van der Waals surface area contributed by atoms with Gasteiger partial charge >= 0.3 is 0 Å². The molecule has 2 aromatic carbocycles. The maximum atomic E-state index is 13.6. The van der Waals surface area contributed by atoms with Crippen LogP contribution in [0.1, 0.15) is 42.2 Å². The first-order valence-corrected chi connectivity index (χ1v) is 7.60. The largest absolute Gasteiger partial charge is 0.384 e. The summed E-state index contributed by atoms with van der Waals surface area (Å²) in [4.78, 5) is 0. The second-order valence-corrected chi connectivity index (χ2v) is 5.67. The Hall–Kier alpha value is -1.19. The number of aliphatic hydroxyl groups excluding tert-OH is 1. The highest BCUT2D eigenvalue weighted by Crippen LogP contribution is 2.29. The lowest BCUT2D eigenvalue weighted by Crippen LogP contribution is -2.05. The predicted octanol–water partition coefficient (Wildman–Crippen LogP) is 4.79. The smallest absolute Gasteiger partial charge is 0.137 e. The van der Waals surface area contributed by atoms with Crippen molar-refractivity contribution in [2.75, 3.05) is 0 Å². The van der Waals surface area contributed by atoms with Crippen molar-refractivity contribution < 1.29 is 9.50 Å². The van der Waals surface area contributed by atoms with Gasteiger partial charge in [-0.1, -0.05) is 38.1 Å². The first kappa shape index (κ1) is 15.2. The van der Waals surface area contributed by atoms with Gasteiger partial charge in [0, 0.05) is 0 Å². The van der Waals surface area contributed by atoms with Gasteiger partial charge in [0.05, 0.1) is 4.47 Å². The zero-order valence-corrected chi connectivity index (χ0v) is 13.2. The topological polar surface area (TPSA) is 20.2 Å². The summed E-state index contributed by atoms with van der Waals surface area (Å²) in [6, 6.07) is 10.9. The Morgan fingerprint density at radius 1 is 1.10 bits per heavy atom. The summed E-state index contributed by atoms with van der Waals surface area (Å²) in [6.07, 6.45) is 0.965. The molecule has 3 heteroatoms. The Morgan fingerprint density at radius 2 is 1.85 bits per heavy atom. The molecule has 0 aliphatic carbocycles. The van der Waals surface area contributed by atoms with Gasteiger partial charge in [-0.3, -0.25) is 0 Å². The Bertz CT molecular complexity index is 610. The van der Waals surface area contributed by atoms with Gasteiger partial charge in [-0.25, -0.2) is 4.39 Å². The molecule has 1 nitrogen and oxygen atoms in total. The van der Waals surface area contributed by atoms with Crippen molar-refractivity contribution in [3.8, 4) is 0 Å². The van der Waals surface area contributed by atoms with E-state index in [-0.39, 0.29) is 5.82 Å². The molecule has 2 aromatic rings. The molecule has 0 fully saturated rings. The van der Waals surface area contributed by atoms with E-state index >= 15 is 0 Å². The normalized spacial score (nSPS) is 12.4. The van der Waals surface area contributed by atoms with E-state index in [9.17, 15) is 9.50 Å². The van der Waals surface area contributed by atoms with Crippen LogP contribution in [0.3, 0.4) is 0 Å². The highest BCUT2D eigenvalue weighted by Gasteiger charge is 2.16. The van der Waals surface area contributed by atoms with Crippen LogP contribution >= 0.6 is 15.9 Å². The zero-order chi connectivity index (χ0) is 14.7. The van der Waals surface area contributed by atoms with Crippen molar-refractivity contribution in [1.29, 1.82) is 0 Å². The second-order valence-electron chi connectivity index (χ2n) is 4.82. The minimum atomic E-state index is -0.793. The highest BCUT2D eigenvalue weighted by molar-refractivity contribution is 9.10. The molecule has 0 radical (unpaired) electrons. The van der Waals surface area contributed by atoms with Crippen LogP contribution in [-0.2, 0) is 12.8 Å². The quantitative estimate of drug-likeness (QED) is 0.850. The standard InChI is InChI=1S/C17H18BrFO/c1-3-11-5-6-12(4-2)14(9-11)17(20)13-7-8-15(18)16(19)10-13/h5-10,17,20H,3-4H2,1-2H3. The van der Waals surface area contributed by atoms with Gasteiger partial charge < -0.3 is 5.11 Å². The third-order valence-corrected chi connectivity index (χ3v) is 4.20. The SMILES string of the molecule is CCc1ccc(CC)c(C(O)c2ccc(Br)c(F)c2)c1. The Morgan fingerprint density at radius 3 is 2.45 bits per heavy atom. The Balaban J connectivity index is 2.45. The van der Waals surface area contributed by atoms with Gasteiger partial charge in [-0.15, -0.1) is 0 Å². The molecule has 1 unspecified atom stereocenters. The van der Waals surface area contributed by atoms with Crippen molar-refractivity contribution in [3.05, 3.63) is 68.9 Å². The lowest BCUT2D eigenvalue weighted by atomic mass is 9.93. The summed E-state index contributed by atoms with van der Waals surface area (Å²) in [5, 5.41) is 10.6. The number of halogens is 2. The van der Waals surface area contributed by atoms with Crippen molar-refractivity contribution in [2.45, 2.75) is 32.8 Å². The number of aryl methyl sites for hydroxylation is 2. The zero-order valence-electron chi connectivity index (χ0n) is 11.7. The molecule has 0 saturated heterocycles. The molecular weight excluding hydrogens is 319 g/mol. The van der Waals surface area contributed by atoms with Crippen LogP contribution < -0.4 is 0 Å². The first-order valence-electron chi connectivity index (χ1n) is 6.81. The monoisotopic (exact) mass is 336 g/mol. The molecule has 0 heterocycles. The molecular formula is C17H18BrFO. The summed E-state index contributed by atoms with van der Waals surface area (Å²) < 4.78 is 14.0. The van der Waals surface area contributed by atoms with Crippen LogP contribution in [0, 0.1) is 5.82 Å². The third-order valence-electron chi connectivity index (χ3n) is 3.55. The number of hydrogen-bond donors (Lipinski definition) is 1. The van der Waals surface area contributed by atoms with E-state index in [1.54, 1.807) is 12.1 Å². The van der Waals surface area contributed by atoms with Crippen LogP contribution in [0.4, 0.5) is 4.39 Å². The summed E-state index contributed by atoms with van der Waals surface area (Å²) in [6.45, 7) is 4.13. The summed E-state index contributed by atoms with van der Waals surface area (Å²) >= 11 is 3.13. The van der Waals surface area contributed by atoms with E-state index in [1.165, 1.54) is 11.6 Å². The second kappa shape index (κ2) is 6.51. The molecule has 1 N–H and O–H groups in total. The van der Waals surface area contributed by atoms with Gasteiger partial charge in [-0.2, -0.15) is 0 Å². The van der Waals surface area contributed by atoms with Crippen molar-refractivity contribution in [3.63, 3.8) is 0 Å². The summed E-state index contributed by atoms with van der Waals surface area (Å²) in [5.41, 5.74) is 3.72. The Kier molecular flexibility index (Phi) is 4.95. The van der Waals surface area contributed by atoms with E-state index in [4.69, 9.17) is 0 Å². The number of benzene rings is 2. The maximum absolute atomic E-state index is 13.6. The average Bonchev–Trinajstić information content (AvgIpc) is 2.48. The van der Waals surface area contributed by atoms with E-state index < -0.39 is 6.10 Å². The molecule has 0 saturated carbocycles. The van der Waals surface area contributed by atoms with Crippen LogP contribution in [-0.4, -0.2) is 5.11 Å². The molecule has 1 atom stereocenters. The lowest BCUT2D eigenvalue weighted by Gasteiger charge is -2.17. The van der Waals surface area contributed by atoms with E-state index in [1.807, 2.05) is 12.1 Å². The molecule has 0 aromatic heterocycles. The summed E-state index contributed by atoms with van der Waals surface area (Å²) in [7, 11) is 0. The number of rotatable bonds is 4. The highest BCUT2D eigenvalue weighted by atomic mass is 79.9. The van der Waals surface area contributed by atoms with E-state index in [2.05, 4.69) is 35.8 Å². The van der Waals surface area contributed by atoms with Gasteiger partial charge in [0.2, 0.25) is 0 Å². The molecule has 0 amide bonds. The minimum Gasteiger partial charge on any atom is -0.384 e. The van der Waals surface area contributed by atoms with Crippen LogP contribution in [0.15, 0.2) is 40.9 Å². The average molecular weight is 337 g/mol. The van der Waals surface area contributed by atoms with Crippen molar-refractivity contribution >= 4 is 15.9 Å². The first-order chi connectivity index (χ1) is 9.56. The molecule has 20 heavy (non-hydrogen) atoms. The van der Waals surface area contributed by atoms with Crippen molar-refractivity contribution in [1.82, 2.24) is 0 Å². The van der Waals surface area contributed by atoms with E-state index in [0.29, 0.717) is 10.0 Å². The van der Waals surface area contributed by atoms with Gasteiger partial charge in [0.1, 0.15) is 11.9 Å². The van der Waals surface area contributed by atoms with Gasteiger partial charge in [0.15, 0.2) is 0 Å². The molecule has 0 bridgehead atoms. The van der Waals surface area contributed by atoms with Crippen molar-refractivity contribution in [2.24, 2.45) is 0 Å².